The standard InChI is InChI=1S/C22H28N6O2S/c1-16-11-19(31(4,29)30)5-6-20(16)21-15-28(22-13-23-7-8-24-22)10-9-27(21)14-18-12-25-26(3)17(18)2/h5-8,11-13,21H,9-10,14-15H2,1-4H3. The van der Waals surface area contributed by atoms with Gasteiger partial charge in [0.15, 0.2) is 9.84 Å². The number of hydrogen-bond acceptors (Lipinski definition) is 7. The van der Waals surface area contributed by atoms with E-state index in [0.29, 0.717) is 4.90 Å². The maximum atomic E-state index is 12.0. The average Bonchev–Trinajstić information content (AvgIpc) is 3.06. The minimum atomic E-state index is -3.24. The van der Waals surface area contributed by atoms with E-state index in [-0.39, 0.29) is 6.04 Å². The first-order valence-corrected chi connectivity index (χ1v) is 12.2. The van der Waals surface area contributed by atoms with Crippen LogP contribution in [-0.4, -0.2) is 59.0 Å². The normalized spacial score (nSPS) is 17.8. The first-order chi connectivity index (χ1) is 14.7. The molecule has 1 saturated heterocycles. The summed E-state index contributed by atoms with van der Waals surface area (Å²) in [6, 6.07) is 5.54. The molecule has 0 amide bonds. The Morgan fingerprint density at radius 2 is 1.94 bits per heavy atom. The van der Waals surface area contributed by atoms with E-state index in [1.807, 2.05) is 30.9 Å². The molecule has 31 heavy (non-hydrogen) atoms. The molecule has 3 heterocycles. The number of piperazine rings is 1. The second-order valence-electron chi connectivity index (χ2n) is 8.17. The van der Waals surface area contributed by atoms with E-state index in [4.69, 9.17) is 0 Å². The van der Waals surface area contributed by atoms with Gasteiger partial charge in [-0.2, -0.15) is 5.10 Å². The molecule has 2 aromatic heterocycles. The topological polar surface area (TPSA) is 84.2 Å². The fourth-order valence-corrected chi connectivity index (χ4v) is 4.84. The van der Waals surface area contributed by atoms with Gasteiger partial charge in [-0.05, 0) is 37.1 Å². The Hall–Kier alpha value is -2.78. The van der Waals surface area contributed by atoms with Crippen LogP contribution in [0, 0.1) is 13.8 Å². The molecule has 1 aliphatic heterocycles. The van der Waals surface area contributed by atoms with Crippen molar-refractivity contribution in [2.75, 3.05) is 30.8 Å². The van der Waals surface area contributed by atoms with Gasteiger partial charge in [-0.15, -0.1) is 0 Å². The van der Waals surface area contributed by atoms with Crippen LogP contribution < -0.4 is 4.90 Å². The zero-order chi connectivity index (χ0) is 22.2. The van der Waals surface area contributed by atoms with E-state index in [1.165, 1.54) is 11.8 Å². The molecule has 8 nitrogen and oxygen atoms in total. The minimum Gasteiger partial charge on any atom is -0.352 e. The quantitative estimate of drug-likeness (QED) is 0.602. The fourth-order valence-electron chi connectivity index (χ4n) is 4.14. The van der Waals surface area contributed by atoms with Gasteiger partial charge in [0.05, 0.1) is 23.3 Å². The van der Waals surface area contributed by atoms with Crippen LogP contribution in [0.4, 0.5) is 5.82 Å². The zero-order valence-corrected chi connectivity index (χ0v) is 19.2. The number of aryl methyl sites for hydroxylation is 2. The van der Waals surface area contributed by atoms with Crippen LogP contribution in [0.25, 0.3) is 0 Å². The smallest absolute Gasteiger partial charge is 0.175 e. The SMILES string of the molecule is Cc1cc(S(C)(=O)=O)ccc1C1CN(c2cnccn2)CCN1Cc1cnn(C)c1C. The highest BCUT2D eigenvalue weighted by molar-refractivity contribution is 7.90. The number of anilines is 1. The van der Waals surface area contributed by atoms with E-state index in [2.05, 4.69) is 31.8 Å². The predicted molar refractivity (Wildman–Crippen MR) is 120 cm³/mol. The van der Waals surface area contributed by atoms with Gasteiger partial charge in [-0.3, -0.25) is 14.6 Å². The molecule has 9 heteroatoms. The van der Waals surface area contributed by atoms with Crippen molar-refractivity contribution < 1.29 is 8.42 Å². The van der Waals surface area contributed by atoms with Crippen LogP contribution >= 0.6 is 0 Å². The molecule has 1 aliphatic rings. The Labute approximate surface area is 183 Å². The van der Waals surface area contributed by atoms with Crippen molar-refractivity contribution in [1.82, 2.24) is 24.6 Å². The van der Waals surface area contributed by atoms with Gasteiger partial charge in [-0.1, -0.05) is 6.07 Å². The van der Waals surface area contributed by atoms with Gasteiger partial charge in [0.2, 0.25) is 0 Å². The van der Waals surface area contributed by atoms with Crippen molar-refractivity contribution in [3.8, 4) is 0 Å². The van der Waals surface area contributed by atoms with Crippen LogP contribution in [0.5, 0.6) is 0 Å². The number of benzene rings is 1. The molecule has 0 saturated carbocycles. The summed E-state index contributed by atoms with van der Waals surface area (Å²) in [6.07, 6.45) is 8.35. The summed E-state index contributed by atoms with van der Waals surface area (Å²) in [7, 11) is -1.29. The highest BCUT2D eigenvalue weighted by Gasteiger charge is 2.31. The lowest BCUT2D eigenvalue weighted by atomic mass is 9.97. The molecule has 0 radical (unpaired) electrons. The summed E-state index contributed by atoms with van der Waals surface area (Å²) in [6.45, 7) is 7.29. The van der Waals surface area contributed by atoms with Crippen LogP contribution in [-0.2, 0) is 23.4 Å². The van der Waals surface area contributed by atoms with Gasteiger partial charge < -0.3 is 4.90 Å². The van der Waals surface area contributed by atoms with Crippen molar-refractivity contribution in [2.45, 2.75) is 31.3 Å². The van der Waals surface area contributed by atoms with Gasteiger partial charge in [0, 0.05) is 63.1 Å². The Morgan fingerprint density at radius 3 is 2.55 bits per heavy atom. The lowest BCUT2D eigenvalue weighted by Gasteiger charge is -2.42. The third kappa shape index (κ3) is 4.47. The summed E-state index contributed by atoms with van der Waals surface area (Å²) in [5.74, 6) is 0.857. The fraction of sp³-hybridized carbons (Fsp3) is 0.409. The molecule has 1 unspecified atom stereocenters. The third-order valence-electron chi connectivity index (χ3n) is 6.10. The maximum Gasteiger partial charge on any atom is 0.175 e. The van der Waals surface area contributed by atoms with Gasteiger partial charge in [0.1, 0.15) is 5.82 Å². The minimum absolute atomic E-state index is 0.0870. The Bertz CT molecular complexity index is 1180. The molecule has 3 aromatic rings. The van der Waals surface area contributed by atoms with Crippen LogP contribution in [0.3, 0.4) is 0 Å². The molecule has 0 spiro atoms. The van der Waals surface area contributed by atoms with Gasteiger partial charge in [0.25, 0.3) is 0 Å². The summed E-state index contributed by atoms with van der Waals surface area (Å²) >= 11 is 0. The second kappa shape index (κ2) is 8.39. The molecule has 0 N–H and O–H groups in total. The van der Waals surface area contributed by atoms with Crippen LogP contribution in [0.2, 0.25) is 0 Å². The van der Waals surface area contributed by atoms with Gasteiger partial charge in [-0.25, -0.2) is 13.4 Å². The number of nitrogens with zero attached hydrogens (tertiary/aromatic N) is 6. The van der Waals surface area contributed by atoms with Crippen molar-refractivity contribution in [3.63, 3.8) is 0 Å². The molecule has 0 aliphatic carbocycles. The first kappa shape index (κ1) is 21.5. The third-order valence-corrected chi connectivity index (χ3v) is 7.21. The Balaban J connectivity index is 1.69. The zero-order valence-electron chi connectivity index (χ0n) is 18.4. The van der Waals surface area contributed by atoms with Crippen molar-refractivity contribution in [1.29, 1.82) is 0 Å². The summed E-state index contributed by atoms with van der Waals surface area (Å²) in [5, 5.41) is 4.39. The molecule has 1 fully saturated rings. The number of sulfone groups is 1. The molecule has 1 aromatic carbocycles. The summed E-state index contributed by atoms with van der Waals surface area (Å²) in [5.41, 5.74) is 4.45. The number of rotatable bonds is 5. The lowest BCUT2D eigenvalue weighted by molar-refractivity contribution is 0.167. The van der Waals surface area contributed by atoms with Crippen molar-refractivity contribution in [2.24, 2.45) is 7.05 Å². The molecular formula is C22H28N6O2S. The Morgan fingerprint density at radius 1 is 1.13 bits per heavy atom. The second-order valence-corrected chi connectivity index (χ2v) is 10.2. The molecule has 0 bridgehead atoms. The lowest BCUT2D eigenvalue weighted by Crippen LogP contribution is -2.48. The van der Waals surface area contributed by atoms with Crippen molar-refractivity contribution in [3.05, 3.63) is 65.4 Å². The molecule has 4 rings (SSSR count). The van der Waals surface area contributed by atoms with Gasteiger partial charge >= 0.3 is 0 Å². The number of hydrogen-bond donors (Lipinski definition) is 0. The molecule has 1 atom stereocenters. The van der Waals surface area contributed by atoms with E-state index in [0.717, 1.165) is 48.8 Å². The Kier molecular flexibility index (Phi) is 5.81. The van der Waals surface area contributed by atoms with E-state index < -0.39 is 9.84 Å². The van der Waals surface area contributed by atoms with Crippen LogP contribution in [0.15, 0.2) is 47.9 Å². The molecular weight excluding hydrogens is 412 g/mol. The van der Waals surface area contributed by atoms with E-state index >= 15 is 0 Å². The van der Waals surface area contributed by atoms with Crippen LogP contribution in [0.1, 0.15) is 28.4 Å². The number of aromatic nitrogens is 4. The first-order valence-electron chi connectivity index (χ1n) is 10.3. The van der Waals surface area contributed by atoms with Crippen molar-refractivity contribution >= 4 is 15.7 Å². The summed E-state index contributed by atoms with van der Waals surface area (Å²) < 4.78 is 25.9. The monoisotopic (exact) mass is 440 g/mol. The highest BCUT2D eigenvalue weighted by Crippen LogP contribution is 2.32. The highest BCUT2D eigenvalue weighted by atomic mass is 32.2. The largest absolute Gasteiger partial charge is 0.352 e. The predicted octanol–water partition coefficient (Wildman–Crippen LogP) is 2.29. The average molecular weight is 441 g/mol. The van der Waals surface area contributed by atoms with E-state index in [9.17, 15) is 8.42 Å². The maximum absolute atomic E-state index is 12.0. The van der Waals surface area contributed by atoms with E-state index in [1.54, 1.807) is 30.7 Å². The molecule has 164 valence electrons. The summed E-state index contributed by atoms with van der Waals surface area (Å²) in [4.78, 5) is 13.7.